The summed E-state index contributed by atoms with van der Waals surface area (Å²) in [5, 5.41) is -0.578. The zero-order chi connectivity index (χ0) is 17.3. The molecular formula is C18H27O4P. The number of ether oxygens (including phenoxy) is 2. The van der Waals surface area contributed by atoms with Gasteiger partial charge in [0.1, 0.15) is 17.1 Å². The van der Waals surface area contributed by atoms with E-state index in [1.807, 2.05) is 20.8 Å². The molecule has 1 fully saturated rings. The molecule has 0 amide bonds. The summed E-state index contributed by atoms with van der Waals surface area (Å²) < 4.78 is 24.7. The van der Waals surface area contributed by atoms with Crippen molar-refractivity contribution in [1.82, 2.24) is 0 Å². The third kappa shape index (κ3) is 3.06. The lowest BCUT2D eigenvalue weighted by Crippen LogP contribution is -2.28. The van der Waals surface area contributed by atoms with Crippen LogP contribution in [0.1, 0.15) is 56.8 Å². The first-order valence-electron chi connectivity index (χ1n) is 8.13. The van der Waals surface area contributed by atoms with Crippen LogP contribution in [-0.4, -0.2) is 30.6 Å². The van der Waals surface area contributed by atoms with Crippen LogP contribution in [0.2, 0.25) is 0 Å². The van der Waals surface area contributed by atoms with Crippen LogP contribution < -0.4 is 9.47 Å². The maximum atomic E-state index is 14.0. The van der Waals surface area contributed by atoms with Crippen molar-refractivity contribution in [3.05, 3.63) is 23.8 Å². The topological polar surface area (TPSA) is 52.6 Å². The van der Waals surface area contributed by atoms with Gasteiger partial charge in [-0.15, -0.1) is 0 Å². The number of benzene rings is 1. The van der Waals surface area contributed by atoms with Crippen LogP contribution in [-0.2, 0) is 4.57 Å². The molecule has 0 radical (unpaired) electrons. The average molecular weight is 338 g/mol. The smallest absolute Gasteiger partial charge is 0.229 e. The highest BCUT2D eigenvalue weighted by molar-refractivity contribution is 7.83. The molecule has 0 saturated heterocycles. The van der Waals surface area contributed by atoms with Gasteiger partial charge in [0.05, 0.1) is 14.2 Å². The summed E-state index contributed by atoms with van der Waals surface area (Å²) in [6.07, 6.45) is 3.80. The fourth-order valence-corrected chi connectivity index (χ4v) is 7.20. The molecule has 0 N–H and O–H groups in total. The molecule has 1 aliphatic rings. The third-order valence-electron chi connectivity index (χ3n) is 4.78. The Morgan fingerprint density at radius 2 is 1.57 bits per heavy atom. The van der Waals surface area contributed by atoms with E-state index in [1.54, 1.807) is 18.2 Å². The summed E-state index contributed by atoms with van der Waals surface area (Å²) in [7, 11) is -0.109. The van der Waals surface area contributed by atoms with Crippen LogP contribution in [0, 0.1) is 0 Å². The Labute approximate surface area is 138 Å². The SMILES string of the molecule is COc1cccc(OC)c1C(=O)P(=O)(C1CCCC1)C(C)(C)C. The molecule has 1 unspecified atom stereocenters. The predicted molar refractivity (Wildman–Crippen MR) is 93.5 cm³/mol. The van der Waals surface area contributed by atoms with Crippen molar-refractivity contribution in [3.63, 3.8) is 0 Å². The van der Waals surface area contributed by atoms with Crippen molar-refractivity contribution >= 4 is 12.7 Å². The van der Waals surface area contributed by atoms with E-state index in [0.717, 1.165) is 25.7 Å². The molecule has 23 heavy (non-hydrogen) atoms. The molecule has 1 aromatic carbocycles. The highest BCUT2D eigenvalue weighted by Gasteiger charge is 2.51. The molecule has 1 saturated carbocycles. The van der Waals surface area contributed by atoms with E-state index in [-0.39, 0.29) is 11.2 Å². The first kappa shape index (κ1) is 18.1. The maximum absolute atomic E-state index is 14.0. The lowest BCUT2D eigenvalue weighted by Gasteiger charge is -2.35. The molecule has 1 atom stereocenters. The summed E-state index contributed by atoms with van der Waals surface area (Å²) in [4.78, 5) is 13.4. The second-order valence-corrected chi connectivity index (χ2v) is 10.9. The van der Waals surface area contributed by atoms with Crippen molar-refractivity contribution < 1.29 is 18.8 Å². The number of methoxy groups -OCH3 is 2. The standard InChI is InChI=1S/C18H27O4P/c1-18(2,3)23(20,13-9-6-7-10-13)17(19)16-14(21-4)11-8-12-15(16)22-5/h8,11-13H,6-7,9-10H2,1-5H3. The van der Waals surface area contributed by atoms with Crippen LogP contribution in [0.15, 0.2) is 18.2 Å². The third-order valence-corrected chi connectivity index (χ3v) is 9.14. The van der Waals surface area contributed by atoms with Crippen molar-refractivity contribution in [2.24, 2.45) is 0 Å². The van der Waals surface area contributed by atoms with E-state index < -0.39 is 12.3 Å². The molecule has 0 aliphatic heterocycles. The Balaban J connectivity index is 2.62. The molecule has 1 aliphatic carbocycles. The van der Waals surface area contributed by atoms with Gasteiger partial charge in [0, 0.05) is 10.8 Å². The Kier molecular flexibility index (Phi) is 5.25. The molecule has 0 bridgehead atoms. The molecule has 4 nitrogen and oxygen atoms in total. The number of carbonyl (C=O) groups is 1. The minimum Gasteiger partial charge on any atom is -0.496 e. The molecular weight excluding hydrogens is 311 g/mol. The maximum Gasteiger partial charge on any atom is 0.229 e. The van der Waals surface area contributed by atoms with Crippen LogP contribution in [0.5, 0.6) is 11.5 Å². The molecule has 0 spiro atoms. The van der Waals surface area contributed by atoms with Crippen molar-refractivity contribution in [1.29, 1.82) is 0 Å². The normalized spacial score (nSPS) is 18.5. The zero-order valence-electron chi connectivity index (χ0n) is 14.7. The summed E-state index contributed by atoms with van der Waals surface area (Å²) in [6, 6.07) is 5.21. The van der Waals surface area contributed by atoms with Gasteiger partial charge in [0.2, 0.25) is 5.52 Å². The van der Waals surface area contributed by atoms with Crippen LogP contribution in [0.4, 0.5) is 0 Å². The first-order valence-corrected chi connectivity index (χ1v) is 9.90. The molecule has 0 heterocycles. The second kappa shape index (κ2) is 6.68. The lowest BCUT2D eigenvalue weighted by atomic mass is 10.2. The highest BCUT2D eigenvalue weighted by Crippen LogP contribution is 2.67. The number of hydrogen-bond donors (Lipinski definition) is 0. The van der Waals surface area contributed by atoms with Crippen molar-refractivity contribution in [2.45, 2.75) is 57.3 Å². The van der Waals surface area contributed by atoms with Gasteiger partial charge in [-0.25, -0.2) is 0 Å². The second-order valence-electron chi connectivity index (χ2n) is 7.11. The summed E-state index contributed by atoms with van der Waals surface area (Å²) in [6.45, 7) is 5.73. The minimum atomic E-state index is -3.14. The lowest BCUT2D eigenvalue weighted by molar-refractivity contribution is 0.106. The first-order chi connectivity index (χ1) is 10.8. The van der Waals surface area contributed by atoms with Gasteiger partial charge in [-0.3, -0.25) is 4.79 Å². The van der Waals surface area contributed by atoms with Crippen LogP contribution >= 0.6 is 7.14 Å². The van der Waals surface area contributed by atoms with Gasteiger partial charge in [-0.2, -0.15) is 0 Å². The number of hydrogen-bond acceptors (Lipinski definition) is 4. The Morgan fingerprint density at radius 3 is 1.96 bits per heavy atom. The van der Waals surface area contributed by atoms with Gasteiger partial charge in [-0.05, 0) is 25.0 Å². The van der Waals surface area contributed by atoms with E-state index in [4.69, 9.17) is 9.47 Å². The Hall–Kier alpha value is -1.28. The Morgan fingerprint density at radius 1 is 1.09 bits per heavy atom. The fraction of sp³-hybridized carbons (Fsp3) is 0.611. The van der Waals surface area contributed by atoms with E-state index in [2.05, 4.69) is 0 Å². The zero-order valence-corrected chi connectivity index (χ0v) is 15.6. The van der Waals surface area contributed by atoms with Gasteiger partial charge >= 0.3 is 0 Å². The van der Waals surface area contributed by atoms with Gasteiger partial charge < -0.3 is 14.0 Å². The highest BCUT2D eigenvalue weighted by atomic mass is 31.2. The largest absolute Gasteiger partial charge is 0.496 e. The fourth-order valence-electron chi connectivity index (χ4n) is 3.51. The number of rotatable bonds is 5. The van der Waals surface area contributed by atoms with Gasteiger partial charge in [-0.1, -0.05) is 39.7 Å². The molecule has 0 aromatic heterocycles. The Bertz CT molecular complexity index is 602. The van der Waals surface area contributed by atoms with Gasteiger partial charge in [0.25, 0.3) is 0 Å². The van der Waals surface area contributed by atoms with Crippen LogP contribution in [0.25, 0.3) is 0 Å². The van der Waals surface area contributed by atoms with E-state index in [0.29, 0.717) is 17.1 Å². The van der Waals surface area contributed by atoms with E-state index >= 15 is 0 Å². The van der Waals surface area contributed by atoms with Crippen LogP contribution in [0.3, 0.4) is 0 Å². The molecule has 128 valence electrons. The van der Waals surface area contributed by atoms with Crippen molar-refractivity contribution in [2.75, 3.05) is 14.2 Å². The molecule has 5 heteroatoms. The quantitative estimate of drug-likeness (QED) is 0.713. The molecule has 1 aromatic rings. The number of carbonyl (C=O) groups excluding carboxylic acids is 1. The minimum absolute atomic E-state index is 0.0374. The van der Waals surface area contributed by atoms with Crippen molar-refractivity contribution in [3.8, 4) is 11.5 Å². The summed E-state index contributed by atoms with van der Waals surface area (Å²) >= 11 is 0. The van der Waals surface area contributed by atoms with E-state index in [1.165, 1.54) is 14.2 Å². The molecule has 2 rings (SSSR count). The van der Waals surface area contributed by atoms with E-state index in [9.17, 15) is 9.36 Å². The average Bonchev–Trinajstić information content (AvgIpc) is 3.06. The monoisotopic (exact) mass is 338 g/mol. The summed E-state index contributed by atoms with van der Waals surface area (Å²) in [5.41, 5.74) is -0.0153. The summed E-state index contributed by atoms with van der Waals surface area (Å²) in [5.74, 6) is 0.855. The predicted octanol–water partition coefficient (Wildman–Crippen LogP) is 4.95. The van der Waals surface area contributed by atoms with Gasteiger partial charge in [0.15, 0.2) is 7.14 Å².